The highest BCUT2D eigenvalue weighted by atomic mass is 79.9. The summed E-state index contributed by atoms with van der Waals surface area (Å²) in [6, 6.07) is 2.47. The Morgan fingerprint density at radius 1 is 1.39 bits per heavy atom. The predicted octanol–water partition coefficient (Wildman–Crippen LogP) is 5.50. The number of rotatable bonds is 2. The fourth-order valence-electron chi connectivity index (χ4n) is 1.40. The quantitative estimate of drug-likeness (QED) is 0.506. The van der Waals surface area contributed by atoms with E-state index in [1.807, 2.05) is 0 Å². The number of ketones is 1. The zero-order valence-electron chi connectivity index (χ0n) is 9.06. The van der Waals surface area contributed by atoms with Gasteiger partial charge in [0.1, 0.15) is 5.82 Å². The molecule has 1 aromatic heterocycles. The van der Waals surface area contributed by atoms with E-state index in [0.29, 0.717) is 14.4 Å². The summed E-state index contributed by atoms with van der Waals surface area (Å²) in [5.41, 5.74) is 0.723. The highest BCUT2D eigenvalue weighted by Gasteiger charge is 2.21. The van der Waals surface area contributed by atoms with Gasteiger partial charge in [0.2, 0.25) is 5.78 Å². The number of carbonyl (C=O) groups excluding carboxylic acids is 1. The highest BCUT2D eigenvalue weighted by Crippen LogP contribution is 2.32. The third kappa shape index (κ3) is 2.48. The molecule has 1 heterocycles. The van der Waals surface area contributed by atoms with E-state index in [-0.39, 0.29) is 10.6 Å². The lowest BCUT2D eigenvalue weighted by Crippen LogP contribution is -2.03. The molecule has 0 atom stereocenters. The Morgan fingerprint density at radius 2 is 2.06 bits per heavy atom. The van der Waals surface area contributed by atoms with Gasteiger partial charge in [-0.3, -0.25) is 4.79 Å². The summed E-state index contributed by atoms with van der Waals surface area (Å²) >= 11 is 16.2. The predicted molar refractivity (Wildman–Crippen MR) is 76.6 cm³/mol. The molecule has 1 aromatic carbocycles. The minimum atomic E-state index is -0.626. The molecule has 0 aliphatic heterocycles. The summed E-state index contributed by atoms with van der Waals surface area (Å²) < 4.78 is 14.2. The first-order chi connectivity index (χ1) is 8.41. The van der Waals surface area contributed by atoms with E-state index in [2.05, 4.69) is 15.9 Å². The van der Waals surface area contributed by atoms with Gasteiger partial charge in [-0.05, 0) is 45.9 Å². The second kappa shape index (κ2) is 5.29. The lowest BCUT2D eigenvalue weighted by Gasteiger charge is -2.04. The summed E-state index contributed by atoms with van der Waals surface area (Å²) in [5.74, 6) is -1.08. The molecule has 0 N–H and O–H groups in total. The average Bonchev–Trinajstić information content (AvgIpc) is 2.64. The van der Waals surface area contributed by atoms with E-state index in [4.69, 9.17) is 23.2 Å². The number of halogens is 4. The molecule has 2 aromatic rings. The number of carbonyl (C=O) groups is 1. The first-order valence-electron chi connectivity index (χ1n) is 4.84. The first-order valence-corrected chi connectivity index (χ1v) is 7.27. The van der Waals surface area contributed by atoms with Gasteiger partial charge in [0, 0.05) is 4.47 Å². The third-order valence-electron chi connectivity index (χ3n) is 2.36. The number of hydrogen-bond acceptors (Lipinski definition) is 2. The van der Waals surface area contributed by atoms with Crippen molar-refractivity contribution in [2.75, 3.05) is 0 Å². The molecule has 0 radical (unpaired) electrons. The summed E-state index contributed by atoms with van der Waals surface area (Å²) in [6.45, 7) is 1.79. The Kier molecular flexibility index (Phi) is 4.11. The number of benzene rings is 1. The first kappa shape index (κ1) is 14.0. The Hall–Kier alpha value is -0.420. The van der Waals surface area contributed by atoms with Gasteiger partial charge < -0.3 is 0 Å². The number of aryl methyl sites for hydroxylation is 1. The SMILES string of the molecule is Cc1csc(C(=O)c2cc(Cl)c(Br)cc2F)c1Cl. The van der Waals surface area contributed by atoms with Gasteiger partial charge in [-0.1, -0.05) is 23.2 Å². The van der Waals surface area contributed by atoms with Crippen molar-refractivity contribution in [1.82, 2.24) is 0 Å². The van der Waals surface area contributed by atoms with Gasteiger partial charge in [0.05, 0.1) is 20.5 Å². The molecule has 6 heteroatoms. The van der Waals surface area contributed by atoms with Crippen molar-refractivity contribution in [3.05, 3.63) is 53.9 Å². The monoisotopic (exact) mass is 366 g/mol. The highest BCUT2D eigenvalue weighted by molar-refractivity contribution is 9.10. The summed E-state index contributed by atoms with van der Waals surface area (Å²) in [6.07, 6.45) is 0. The van der Waals surface area contributed by atoms with Crippen LogP contribution in [0.3, 0.4) is 0 Å². The van der Waals surface area contributed by atoms with E-state index in [1.54, 1.807) is 12.3 Å². The maximum Gasteiger partial charge on any atom is 0.207 e. The molecule has 0 amide bonds. The van der Waals surface area contributed by atoms with E-state index in [1.165, 1.54) is 23.5 Å². The number of thiophene rings is 1. The van der Waals surface area contributed by atoms with Crippen LogP contribution in [-0.4, -0.2) is 5.78 Å². The molecule has 0 bridgehead atoms. The second-order valence-corrected chi connectivity index (χ2v) is 6.16. The maximum atomic E-state index is 13.8. The lowest BCUT2D eigenvalue weighted by atomic mass is 10.1. The topological polar surface area (TPSA) is 17.1 Å². The fraction of sp³-hybridized carbons (Fsp3) is 0.0833. The van der Waals surface area contributed by atoms with Crippen LogP contribution in [0.2, 0.25) is 10.0 Å². The average molecular weight is 368 g/mol. The molecule has 2 rings (SSSR count). The van der Waals surface area contributed by atoms with Crippen molar-refractivity contribution in [2.24, 2.45) is 0 Å². The minimum Gasteiger partial charge on any atom is -0.288 e. The van der Waals surface area contributed by atoms with Crippen LogP contribution in [0, 0.1) is 12.7 Å². The van der Waals surface area contributed by atoms with Gasteiger partial charge in [0.25, 0.3) is 0 Å². The van der Waals surface area contributed by atoms with Crippen LogP contribution in [0.1, 0.15) is 20.8 Å². The number of hydrogen-bond donors (Lipinski definition) is 0. The smallest absolute Gasteiger partial charge is 0.207 e. The molecular formula is C12H6BrCl2FOS. The Balaban J connectivity index is 2.53. The van der Waals surface area contributed by atoms with E-state index in [0.717, 1.165) is 5.56 Å². The molecule has 0 fully saturated rings. The van der Waals surface area contributed by atoms with Crippen LogP contribution < -0.4 is 0 Å². The summed E-state index contributed by atoms with van der Waals surface area (Å²) in [7, 11) is 0. The van der Waals surface area contributed by atoms with Crippen molar-refractivity contribution in [3.63, 3.8) is 0 Å². The fourth-order valence-corrected chi connectivity index (χ4v) is 3.11. The molecule has 94 valence electrons. The van der Waals surface area contributed by atoms with Crippen LogP contribution in [0.5, 0.6) is 0 Å². The zero-order chi connectivity index (χ0) is 13.4. The van der Waals surface area contributed by atoms with Crippen LogP contribution >= 0.6 is 50.5 Å². The Labute approximate surface area is 126 Å². The van der Waals surface area contributed by atoms with Gasteiger partial charge in [-0.15, -0.1) is 11.3 Å². The third-order valence-corrected chi connectivity index (χ3v) is 5.25. The molecule has 0 unspecified atom stereocenters. The van der Waals surface area contributed by atoms with Crippen molar-refractivity contribution < 1.29 is 9.18 Å². The molecule has 0 aliphatic rings. The van der Waals surface area contributed by atoms with Gasteiger partial charge in [0.15, 0.2) is 0 Å². The van der Waals surface area contributed by atoms with Crippen LogP contribution in [0.15, 0.2) is 22.0 Å². The molecule has 0 spiro atoms. The molecule has 18 heavy (non-hydrogen) atoms. The molecule has 1 nitrogen and oxygen atoms in total. The van der Waals surface area contributed by atoms with Gasteiger partial charge >= 0.3 is 0 Å². The normalized spacial score (nSPS) is 10.7. The van der Waals surface area contributed by atoms with Crippen molar-refractivity contribution in [1.29, 1.82) is 0 Å². The van der Waals surface area contributed by atoms with E-state index < -0.39 is 11.6 Å². The molecule has 0 saturated carbocycles. The lowest BCUT2D eigenvalue weighted by molar-refractivity contribution is 0.103. The van der Waals surface area contributed by atoms with Crippen LogP contribution in [-0.2, 0) is 0 Å². The summed E-state index contributed by atoms with van der Waals surface area (Å²) in [4.78, 5) is 12.5. The largest absolute Gasteiger partial charge is 0.288 e. The Morgan fingerprint density at radius 3 is 2.61 bits per heavy atom. The Bertz CT molecular complexity index is 639. The standard InChI is InChI=1S/C12H6BrCl2FOS/c1-5-4-18-12(10(5)15)11(17)6-2-8(14)7(13)3-9(6)16/h2-4H,1H3. The van der Waals surface area contributed by atoms with E-state index in [9.17, 15) is 9.18 Å². The zero-order valence-corrected chi connectivity index (χ0v) is 13.0. The van der Waals surface area contributed by atoms with E-state index >= 15 is 0 Å². The van der Waals surface area contributed by atoms with Gasteiger partial charge in [-0.25, -0.2) is 4.39 Å². The molecular weight excluding hydrogens is 362 g/mol. The van der Waals surface area contributed by atoms with Crippen LogP contribution in [0.4, 0.5) is 4.39 Å². The van der Waals surface area contributed by atoms with Crippen molar-refractivity contribution >= 4 is 56.3 Å². The van der Waals surface area contributed by atoms with Crippen molar-refractivity contribution in [2.45, 2.75) is 6.92 Å². The molecule has 0 saturated heterocycles. The maximum absolute atomic E-state index is 13.8. The van der Waals surface area contributed by atoms with Crippen LogP contribution in [0.25, 0.3) is 0 Å². The van der Waals surface area contributed by atoms with Crippen molar-refractivity contribution in [3.8, 4) is 0 Å². The summed E-state index contributed by atoms with van der Waals surface area (Å²) in [5, 5.41) is 2.40. The molecule has 0 aliphatic carbocycles. The second-order valence-electron chi connectivity index (χ2n) is 3.64. The minimum absolute atomic E-state index is 0.0769. The van der Waals surface area contributed by atoms with Gasteiger partial charge in [-0.2, -0.15) is 0 Å².